The van der Waals surface area contributed by atoms with E-state index in [9.17, 15) is 9.59 Å². The number of hydrogen-bond acceptors (Lipinski definition) is 2. The van der Waals surface area contributed by atoms with Gasteiger partial charge in [-0.2, -0.15) is 0 Å². The lowest BCUT2D eigenvalue weighted by molar-refractivity contribution is -0.129. The van der Waals surface area contributed by atoms with Crippen molar-refractivity contribution >= 4 is 27.9 Å². The van der Waals surface area contributed by atoms with E-state index in [2.05, 4.69) is 21.2 Å². The second-order valence-electron chi connectivity index (χ2n) is 5.23. The van der Waals surface area contributed by atoms with Crippen LogP contribution < -0.4 is 5.32 Å². The highest BCUT2D eigenvalue weighted by atomic mass is 79.9. The fraction of sp³-hybridized carbons (Fsp3) is 0.467. The molecule has 21 heavy (non-hydrogen) atoms. The summed E-state index contributed by atoms with van der Waals surface area (Å²) in [6.45, 7) is 2.20. The van der Waals surface area contributed by atoms with Crippen molar-refractivity contribution in [1.82, 2.24) is 15.1 Å². The number of carbonyl (C=O) groups is 2. The number of hydrogen-bond donors (Lipinski definition) is 1. The van der Waals surface area contributed by atoms with E-state index in [-0.39, 0.29) is 18.5 Å². The molecule has 1 aliphatic heterocycles. The van der Waals surface area contributed by atoms with Gasteiger partial charge in [-0.1, -0.05) is 28.1 Å². The van der Waals surface area contributed by atoms with E-state index in [1.807, 2.05) is 24.3 Å². The number of amides is 3. The monoisotopic (exact) mass is 353 g/mol. The minimum absolute atomic E-state index is 0.00195. The molecule has 0 aromatic heterocycles. The van der Waals surface area contributed by atoms with Gasteiger partial charge in [0.15, 0.2) is 0 Å². The average molecular weight is 354 g/mol. The molecule has 0 atom stereocenters. The van der Waals surface area contributed by atoms with Crippen LogP contribution in [0.1, 0.15) is 18.4 Å². The summed E-state index contributed by atoms with van der Waals surface area (Å²) in [5, 5.41) is 2.68. The van der Waals surface area contributed by atoms with Gasteiger partial charge >= 0.3 is 6.03 Å². The summed E-state index contributed by atoms with van der Waals surface area (Å²) in [4.78, 5) is 27.2. The number of likely N-dealkylation sites (tertiary alicyclic amines) is 1. The second-order valence-corrected chi connectivity index (χ2v) is 6.14. The molecule has 1 N–H and O–H groups in total. The molecule has 0 aliphatic carbocycles. The topological polar surface area (TPSA) is 52.7 Å². The molecule has 1 fully saturated rings. The highest BCUT2D eigenvalue weighted by Gasteiger charge is 2.18. The summed E-state index contributed by atoms with van der Waals surface area (Å²) in [6.07, 6.45) is 2.12. The number of nitrogens with one attached hydrogen (secondary N) is 1. The second kappa shape index (κ2) is 7.45. The van der Waals surface area contributed by atoms with Gasteiger partial charge in [-0.15, -0.1) is 0 Å². The Kier molecular flexibility index (Phi) is 5.61. The number of rotatable bonds is 4. The van der Waals surface area contributed by atoms with Gasteiger partial charge in [-0.05, 0) is 30.5 Å². The lowest BCUT2D eigenvalue weighted by Crippen LogP contribution is -2.43. The van der Waals surface area contributed by atoms with Crippen LogP contribution in [0.2, 0.25) is 0 Å². The van der Waals surface area contributed by atoms with Crippen molar-refractivity contribution in [3.8, 4) is 0 Å². The van der Waals surface area contributed by atoms with Crippen molar-refractivity contribution in [3.63, 3.8) is 0 Å². The van der Waals surface area contributed by atoms with Gasteiger partial charge < -0.3 is 15.1 Å². The molecule has 0 unspecified atom stereocenters. The predicted molar refractivity (Wildman–Crippen MR) is 84.8 cm³/mol. The normalized spacial score (nSPS) is 14.1. The Morgan fingerprint density at radius 3 is 2.48 bits per heavy atom. The third-order valence-electron chi connectivity index (χ3n) is 3.53. The van der Waals surface area contributed by atoms with E-state index < -0.39 is 0 Å². The summed E-state index contributed by atoms with van der Waals surface area (Å²) < 4.78 is 1.01. The zero-order valence-corrected chi connectivity index (χ0v) is 13.7. The largest absolute Gasteiger partial charge is 0.341 e. The number of carbonyl (C=O) groups excluding carboxylic acids is 2. The SMILES string of the molecule is CN(Cc1ccc(Br)cc1)C(=O)NCC(=O)N1CCCC1. The minimum atomic E-state index is -0.231. The van der Waals surface area contributed by atoms with Gasteiger partial charge in [0.1, 0.15) is 0 Å². The first-order chi connectivity index (χ1) is 10.1. The molecule has 1 aromatic carbocycles. The lowest BCUT2D eigenvalue weighted by atomic mass is 10.2. The van der Waals surface area contributed by atoms with Crippen molar-refractivity contribution in [2.75, 3.05) is 26.7 Å². The van der Waals surface area contributed by atoms with E-state index in [0.717, 1.165) is 36.0 Å². The summed E-state index contributed by atoms with van der Waals surface area (Å²) >= 11 is 3.38. The fourth-order valence-electron chi connectivity index (χ4n) is 2.30. The van der Waals surface area contributed by atoms with E-state index in [4.69, 9.17) is 0 Å². The van der Waals surface area contributed by atoms with Crippen LogP contribution in [0.4, 0.5) is 4.79 Å². The molecule has 0 bridgehead atoms. The Morgan fingerprint density at radius 1 is 1.24 bits per heavy atom. The van der Waals surface area contributed by atoms with Gasteiger partial charge in [-0.3, -0.25) is 4.79 Å². The van der Waals surface area contributed by atoms with Crippen molar-refractivity contribution in [2.45, 2.75) is 19.4 Å². The average Bonchev–Trinajstić information content (AvgIpc) is 3.01. The number of nitrogens with zero attached hydrogens (tertiary/aromatic N) is 2. The number of halogens is 1. The van der Waals surface area contributed by atoms with Crippen LogP contribution in [0.5, 0.6) is 0 Å². The van der Waals surface area contributed by atoms with Crippen molar-refractivity contribution in [2.24, 2.45) is 0 Å². The maximum atomic E-state index is 12.0. The molecular weight excluding hydrogens is 334 g/mol. The molecule has 1 aliphatic rings. The summed E-state index contributed by atoms with van der Waals surface area (Å²) in [6, 6.07) is 7.58. The first-order valence-corrected chi connectivity index (χ1v) is 7.87. The first-order valence-electron chi connectivity index (χ1n) is 7.07. The van der Waals surface area contributed by atoms with Gasteiger partial charge in [0.25, 0.3) is 0 Å². The number of benzene rings is 1. The smallest absolute Gasteiger partial charge is 0.317 e. The van der Waals surface area contributed by atoms with E-state index in [1.165, 1.54) is 0 Å². The predicted octanol–water partition coefficient (Wildman–Crippen LogP) is 2.21. The van der Waals surface area contributed by atoms with Crippen LogP contribution in [0.15, 0.2) is 28.7 Å². The zero-order chi connectivity index (χ0) is 15.2. The van der Waals surface area contributed by atoms with Gasteiger partial charge in [0.05, 0.1) is 6.54 Å². The standard InChI is InChI=1S/C15H20BrN3O2/c1-18(11-12-4-6-13(16)7-5-12)15(21)17-10-14(20)19-8-2-3-9-19/h4-7H,2-3,8-11H2,1H3,(H,17,21). The highest BCUT2D eigenvalue weighted by molar-refractivity contribution is 9.10. The quantitative estimate of drug-likeness (QED) is 0.902. The Bertz CT molecular complexity index is 498. The van der Waals surface area contributed by atoms with E-state index in [1.54, 1.807) is 16.8 Å². The van der Waals surface area contributed by atoms with Crippen LogP contribution in [0.25, 0.3) is 0 Å². The molecule has 114 valence electrons. The minimum Gasteiger partial charge on any atom is -0.341 e. The molecule has 0 spiro atoms. The molecule has 6 heteroatoms. The van der Waals surface area contributed by atoms with Crippen LogP contribution in [0, 0.1) is 0 Å². The third-order valence-corrected chi connectivity index (χ3v) is 4.06. The Hall–Kier alpha value is -1.56. The van der Waals surface area contributed by atoms with Crippen molar-refractivity contribution in [3.05, 3.63) is 34.3 Å². The molecule has 0 radical (unpaired) electrons. The zero-order valence-electron chi connectivity index (χ0n) is 12.1. The molecular formula is C15H20BrN3O2. The van der Waals surface area contributed by atoms with Gasteiger partial charge in [-0.25, -0.2) is 4.79 Å². The molecule has 5 nitrogen and oxygen atoms in total. The third kappa shape index (κ3) is 4.74. The van der Waals surface area contributed by atoms with Crippen LogP contribution >= 0.6 is 15.9 Å². The van der Waals surface area contributed by atoms with E-state index in [0.29, 0.717) is 6.54 Å². The molecule has 1 heterocycles. The summed E-state index contributed by atoms with van der Waals surface area (Å²) in [5.74, 6) is -0.00195. The first kappa shape index (κ1) is 15.8. The molecule has 1 saturated heterocycles. The van der Waals surface area contributed by atoms with Crippen LogP contribution in [0.3, 0.4) is 0 Å². The van der Waals surface area contributed by atoms with Crippen LogP contribution in [-0.4, -0.2) is 48.4 Å². The molecule has 0 saturated carbocycles. The highest BCUT2D eigenvalue weighted by Crippen LogP contribution is 2.12. The Balaban J connectivity index is 1.76. The summed E-state index contributed by atoms with van der Waals surface area (Å²) in [7, 11) is 1.72. The molecule has 1 aromatic rings. The molecule has 3 amide bonds. The van der Waals surface area contributed by atoms with Crippen molar-refractivity contribution in [1.29, 1.82) is 0 Å². The summed E-state index contributed by atoms with van der Waals surface area (Å²) in [5.41, 5.74) is 1.04. The van der Waals surface area contributed by atoms with Crippen LogP contribution in [-0.2, 0) is 11.3 Å². The van der Waals surface area contributed by atoms with E-state index >= 15 is 0 Å². The maximum Gasteiger partial charge on any atom is 0.317 e. The maximum absolute atomic E-state index is 12.0. The molecule has 2 rings (SSSR count). The van der Waals surface area contributed by atoms with Gasteiger partial charge in [0.2, 0.25) is 5.91 Å². The lowest BCUT2D eigenvalue weighted by Gasteiger charge is -2.20. The van der Waals surface area contributed by atoms with Crippen molar-refractivity contribution < 1.29 is 9.59 Å². The Labute approximate surface area is 133 Å². The fourth-order valence-corrected chi connectivity index (χ4v) is 2.56. The Morgan fingerprint density at radius 2 is 1.86 bits per heavy atom. The van der Waals surface area contributed by atoms with Gasteiger partial charge in [0, 0.05) is 31.2 Å². The number of urea groups is 1.